The standard InChI is InChI=1S/C16H14N2O2/c19-16(20-14-7-2-1-3-8-14)17-12-18-11-10-13-6-4-5-9-15(13)18/h1-11H,12H2,(H,17,19). The van der Waals surface area contributed by atoms with Crippen LogP contribution in [0.25, 0.3) is 10.9 Å². The Kier molecular flexibility index (Phi) is 3.37. The minimum absolute atomic E-state index is 0.374. The summed E-state index contributed by atoms with van der Waals surface area (Å²) in [5.74, 6) is 0.530. The summed E-state index contributed by atoms with van der Waals surface area (Å²) >= 11 is 0. The third-order valence-electron chi connectivity index (χ3n) is 3.03. The number of carbonyl (C=O) groups is 1. The molecule has 4 heteroatoms. The van der Waals surface area contributed by atoms with Gasteiger partial charge in [0.15, 0.2) is 0 Å². The Balaban J connectivity index is 1.63. The number of hydrogen-bond donors (Lipinski definition) is 1. The lowest BCUT2D eigenvalue weighted by atomic mass is 10.2. The highest BCUT2D eigenvalue weighted by Gasteiger charge is 2.04. The van der Waals surface area contributed by atoms with Crippen LogP contribution in [0, 0.1) is 0 Å². The van der Waals surface area contributed by atoms with Crippen molar-refractivity contribution in [1.82, 2.24) is 9.88 Å². The van der Waals surface area contributed by atoms with Gasteiger partial charge in [-0.2, -0.15) is 0 Å². The molecule has 1 amide bonds. The average Bonchev–Trinajstić information content (AvgIpc) is 2.89. The number of fused-ring (bicyclic) bond motifs is 1. The molecule has 0 spiro atoms. The molecule has 1 heterocycles. The van der Waals surface area contributed by atoms with Crippen molar-refractivity contribution in [2.45, 2.75) is 6.67 Å². The van der Waals surface area contributed by atoms with Crippen molar-refractivity contribution in [3.63, 3.8) is 0 Å². The summed E-state index contributed by atoms with van der Waals surface area (Å²) in [5.41, 5.74) is 1.08. The fourth-order valence-electron chi connectivity index (χ4n) is 2.06. The van der Waals surface area contributed by atoms with Gasteiger partial charge in [-0.05, 0) is 29.7 Å². The van der Waals surface area contributed by atoms with E-state index >= 15 is 0 Å². The molecule has 0 fully saturated rings. The lowest BCUT2D eigenvalue weighted by Crippen LogP contribution is -2.28. The predicted molar refractivity (Wildman–Crippen MR) is 77.5 cm³/mol. The number of hydrogen-bond acceptors (Lipinski definition) is 2. The summed E-state index contributed by atoms with van der Waals surface area (Å²) in [7, 11) is 0. The van der Waals surface area contributed by atoms with Gasteiger partial charge in [-0.1, -0.05) is 36.4 Å². The molecule has 0 atom stereocenters. The highest BCUT2D eigenvalue weighted by atomic mass is 16.6. The first-order valence-electron chi connectivity index (χ1n) is 6.37. The van der Waals surface area contributed by atoms with Crippen LogP contribution >= 0.6 is 0 Å². The van der Waals surface area contributed by atoms with Gasteiger partial charge in [-0.15, -0.1) is 0 Å². The summed E-state index contributed by atoms with van der Waals surface area (Å²) in [6.07, 6.45) is 1.47. The molecule has 2 aromatic carbocycles. The molecule has 20 heavy (non-hydrogen) atoms. The van der Waals surface area contributed by atoms with Gasteiger partial charge in [0.25, 0.3) is 0 Å². The topological polar surface area (TPSA) is 43.3 Å². The molecule has 0 aliphatic carbocycles. The molecule has 0 bridgehead atoms. The Morgan fingerprint density at radius 2 is 1.75 bits per heavy atom. The minimum Gasteiger partial charge on any atom is -0.410 e. The zero-order valence-electron chi connectivity index (χ0n) is 10.8. The second kappa shape index (κ2) is 5.48. The molecule has 4 nitrogen and oxygen atoms in total. The van der Waals surface area contributed by atoms with E-state index in [0.717, 1.165) is 10.9 Å². The minimum atomic E-state index is -0.464. The molecule has 0 saturated heterocycles. The molecule has 0 aliphatic rings. The molecule has 0 radical (unpaired) electrons. The second-order valence-corrected chi connectivity index (χ2v) is 4.38. The molecule has 100 valence electrons. The van der Waals surface area contributed by atoms with Crippen LogP contribution in [0.1, 0.15) is 0 Å². The fourth-order valence-corrected chi connectivity index (χ4v) is 2.06. The molecule has 3 aromatic rings. The quantitative estimate of drug-likeness (QED) is 0.789. The van der Waals surface area contributed by atoms with Gasteiger partial charge >= 0.3 is 6.09 Å². The summed E-state index contributed by atoms with van der Waals surface area (Å²) < 4.78 is 7.12. The maximum Gasteiger partial charge on any atom is 0.414 e. The lowest BCUT2D eigenvalue weighted by Gasteiger charge is -2.08. The number of carbonyl (C=O) groups excluding carboxylic acids is 1. The highest BCUT2D eigenvalue weighted by molar-refractivity contribution is 5.80. The van der Waals surface area contributed by atoms with Crippen molar-refractivity contribution >= 4 is 17.0 Å². The van der Waals surface area contributed by atoms with E-state index in [1.807, 2.05) is 59.3 Å². The van der Waals surface area contributed by atoms with Gasteiger partial charge in [0, 0.05) is 11.7 Å². The van der Waals surface area contributed by atoms with Crippen LogP contribution in [0.2, 0.25) is 0 Å². The Morgan fingerprint density at radius 3 is 2.60 bits per heavy atom. The number of rotatable bonds is 3. The molecule has 0 aliphatic heterocycles. The van der Waals surface area contributed by atoms with Crippen LogP contribution in [-0.4, -0.2) is 10.7 Å². The number of para-hydroxylation sites is 2. The van der Waals surface area contributed by atoms with E-state index in [1.165, 1.54) is 0 Å². The number of aromatic nitrogens is 1. The second-order valence-electron chi connectivity index (χ2n) is 4.38. The molecule has 1 aromatic heterocycles. The third-order valence-corrected chi connectivity index (χ3v) is 3.03. The first-order chi connectivity index (χ1) is 9.83. The Morgan fingerprint density at radius 1 is 1.00 bits per heavy atom. The van der Waals surface area contributed by atoms with Crippen molar-refractivity contribution in [3.8, 4) is 5.75 Å². The smallest absolute Gasteiger partial charge is 0.410 e. The normalized spacial score (nSPS) is 10.4. The molecular weight excluding hydrogens is 252 g/mol. The van der Waals surface area contributed by atoms with E-state index in [4.69, 9.17) is 4.74 Å². The number of ether oxygens (including phenoxy) is 1. The first-order valence-corrected chi connectivity index (χ1v) is 6.37. The van der Waals surface area contributed by atoms with Crippen molar-refractivity contribution in [1.29, 1.82) is 0 Å². The molecule has 0 saturated carbocycles. The van der Waals surface area contributed by atoms with Crippen LogP contribution < -0.4 is 10.1 Å². The van der Waals surface area contributed by atoms with Gasteiger partial charge in [-0.3, -0.25) is 0 Å². The van der Waals surface area contributed by atoms with Gasteiger partial charge in [0.1, 0.15) is 5.75 Å². The Bertz CT molecular complexity index is 719. The van der Waals surface area contributed by atoms with Crippen molar-refractivity contribution in [3.05, 3.63) is 66.9 Å². The molecular formula is C16H14N2O2. The lowest BCUT2D eigenvalue weighted by molar-refractivity contribution is 0.197. The average molecular weight is 266 g/mol. The van der Waals surface area contributed by atoms with Gasteiger partial charge < -0.3 is 14.6 Å². The van der Waals surface area contributed by atoms with E-state index in [2.05, 4.69) is 5.32 Å². The predicted octanol–water partition coefficient (Wildman–Crippen LogP) is 3.39. The third kappa shape index (κ3) is 2.64. The van der Waals surface area contributed by atoms with Crippen LogP contribution in [-0.2, 0) is 6.67 Å². The maximum atomic E-state index is 11.7. The molecule has 0 unspecified atom stereocenters. The van der Waals surface area contributed by atoms with E-state index in [1.54, 1.807) is 12.1 Å². The van der Waals surface area contributed by atoms with Crippen molar-refractivity contribution in [2.24, 2.45) is 0 Å². The summed E-state index contributed by atoms with van der Waals surface area (Å²) in [4.78, 5) is 11.7. The van der Waals surface area contributed by atoms with Crippen LogP contribution in [0.5, 0.6) is 5.75 Å². The van der Waals surface area contributed by atoms with Gasteiger partial charge in [0.2, 0.25) is 0 Å². The van der Waals surface area contributed by atoms with E-state index < -0.39 is 6.09 Å². The molecule has 3 rings (SSSR count). The fraction of sp³-hybridized carbons (Fsp3) is 0.0625. The van der Waals surface area contributed by atoms with Gasteiger partial charge in [-0.25, -0.2) is 4.79 Å². The summed E-state index contributed by atoms with van der Waals surface area (Å²) in [6, 6.07) is 19.0. The zero-order chi connectivity index (χ0) is 13.8. The summed E-state index contributed by atoms with van der Waals surface area (Å²) in [6.45, 7) is 0.374. The van der Waals surface area contributed by atoms with E-state index in [0.29, 0.717) is 12.4 Å². The number of nitrogens with one attached hydrogen (secondary N) is 1. The Hall–Kier alpha value is -2.75. The highest BCUT2D eigenvalue weighted by Crippen LogP contribution is 2.14. The zero-order valence-corrected chi connectivity index (χ0v) is 10.8. The van der Waals surface area contributed by atoms with Crippen LogP contribution in [0.3, 0.4) is 0 Å². The van der Waals surface area contributed by atoms with Crippen LogP contribution in [0.15, 0.2) is 66.9 Å². The van der Waals surface area contributed by atoms with Gasteiger partial charge in [0.05, 0.1) is 6.67 Å². The largest absolute Gasteiger partial charge is 0.414 e. The Labute approximate surface area is 116 Å². The SMILES string of the molecule is O=C(NCn1ccc2ccccc21)Oc1ccccc1. The number of nitrogens with zero attached hydrogens (tertiary/aromatic N) is 1. The maximum absolute atomic E-state index is 11.7. The van der Waals surface area contributed by atoms with E-state index in [9.17, 15) is 4.79 Å². The van der Waals surface area contributed by atoms with Crippen molar-refractivity contribution in [2.75, 3.05) is 0 Å². The van der Waals surface area contributed by atoms with Crippen LogP contribution in [0.4, 0.5) is 4.79 Å². The number of amides is 1. The van der Waals surface area contributed by atoms with E-state index in [-0.39, 0.29) is 0 Å². The first kappa shape index (κ1) is 12.3. The monoisotopic (exact) mass is 266 g/mol. The number of benzene rings is 2. The summed E-state index contributed by atoms with van der Waals surface area (Å²) in [5, 5.41) is 3.87. The van der Waals surface area contributed by atoms with Crippen molar-refractivity contribution < 1.29 is 9.53 Å². The molecule has 1 N–H and O–H groups in total.